The summed E-state index contributed by atoms with van der Waals surface area (Å²) in [6, 6.07) is 15.2. The van der Waals surface area contributed by atoms with Crippen molar-refractivity contribution in [3.8, 4) is 0 Å². The van der Waals surface area contributed by atoms with Crippen molar-refractivity contribution in [3.05, 3.63) is 79.8 Å². The summed E-state index contributed by atoms with van der Waals surface area (Å²) in [5, 5.41) is 12.2. The van der Waals surface area contributed by atoms with Crippen LogP contribution in [0, 0.1) is 10.1 Å². The lowest BCUT2D eigenvalue weighted by Gasteiger charge is -2.34. The summed E-state index contributed by atoms with van der Waals surface area (Å²) < 4.78 is 10.6. The molecule has 0 saturated carbocycles. The average Bonchev–Trinajstić information content (AvgIpc) is 2.86. The molecule has 186 valence electrons. The van der Waals surface area contributed by atoms with Crippen molar-refractivity contribution >= 4 is 23.2 Å². The van der Waals surface area contributed by atoms with Crippen LogP contribution in [0.4, 0.5) is 0 Å². The average molecular weight is 511 g/mol. The minimum absolute atomic E-state index is 0.0956. The zero-order valence-electron chi connectivity index (χ0n) is 19.2. The van der Waals surface area contributed by atoms with Gasteiger partial charge in [0, 0.05) is 53.7 Å². The Morgan fingerprint density at radius 2 is 1.18 bits per heavy atom. The number of ether oxygens (including phenoxy) is 2. The maximum absolute atomic E-state index is 10.8. The monoisotopic (exact) mass is 510 g/mol. The third kappa shape index (κ3) is 8.16. The van der Waals surface area contributed by atoms with Gasteiger partial charge in [-0.3, -0.25) is 19.9 Å². The SMILES string of the molecule is NCC(c1ccc(Cl)cc1)N1CCOCC1.O=[N+]([O-])CC(c1ccc(Cl)cc1)N1CCOCC1. The topological polar surface area (TPSA) is 94.1 Å². The van der Waals surface area contributed by atoms with Gasteiger partial charge in [0.15, 0.2) is 0 Å². The zero-order valence-corrected chi connectivity index (χ0v) is 20.7. The molecule has 0 aromatic heterocycles. The third-order valence-corrected chi connectivity index (χ3v) is 6.53. The molecule has 0 bridgehead atoms. The number of rotatable bonds is 7. The van der Waals surface area contributed by atoms with E-state index in [1.54, 1.807) is 12.1 Å². The first-order valence-electron chi connectivity index (χ1n) is 11.4. The molecule has 0 radical (unpaired) electrons. The molecule has 2 aliphatic rings. The maximum Gasteiger partial charge on any atom is 0.223 e. The van der Waals surface area contributed by atoms with E-state index in [9.17, 15) is 10.1 Å². The third-order valence-electron chi connectivity index (χ3n) is 6.03. The van der Waals surface area contributed by atoms with Crippen LogP contribution in [0.2, 0.25) is 10.0 Å². The molecule has 2 unspecified atom stereocenters. The molecule has 0 spiro atoms. The highest BCUT2D eigenvalue weighted by atomic mass is 35.5. The fourth-order valence-electron chi connectivity index (χ4n) is 4.22. The van der Waals surface area contributed by atoms with Gasteiger partial charge in [0.2, 0.25) is 6.54 Å². The summed E-state index contributed by atoms with van der Waals surface area (Å²) in [7, 11) is 0. The van der Waals surface area contributed by atoms with Gasteiger partial charge in [0.05, 0.1) is 26.4 Å². The molecule has 0 amide bonds. The van der Waals surface area contributed by atoms with Crippen LogP contribution >= 0.6 is 23.2 Å². The quantitative estimate of drug-likeness (QED) is 0.448. The fourth-order valence-corrected chi connectivity index (χ4v) is 4.47. The molecule has 4 rings (SSSR count). The molecule has 2 aliphatic heterocycles. The van der Waals surface area contributed by atoms with E-state index >= 15 is 0 Å². The lowest BCUT2D eigenvalue weighted by atomic mass is 10.1. The Bertz CT molecular complexity index is 874. The summed E-state index contributed by atoms with van der Waals surface area (Å²) in [4.78, 5) is 15.0. The smallest absolute Gasteiger partial charge is 0.223 e. The van der Waals surface area contributed by atoms with Crippen LogP contribution in [0.1, 0.15) is 23.2 Å². The van der Waals surface area contributed by atoms with Gasteiger partial charge in [-0.05, 0) is 35.4 Å². The number of halogens is 2. The number of morpholine rings is 2. The number of nitrogens with zero attached hydrogens (tertiary/aromatic N) is 3. The van der Waals surface area contributed by atoms with Crippen molar-refractivity contribution in [3.63, 3.8) is 0 Å². The van der Waals surface area contributed by atoms with E-state index in [1.807, 2.05) is 24.3 Å². The molecule has 2 aromatic carbocycles. The molecule has 2 aromatic rings. The summed E-state index contributed by atoms with van der Waals surface area (Å²) in [5.74, 6) is 0. The van der Waals surface area contributed by atoms with Crippen LogP contribution < -0.4 is 5.73 Å². The molecule has 2 fully saturated rings. The highest BCUT2D eigenvalue weighted by Gasteiger charge is 2.26. The van der Waals surface area contributed by atoms with E-state index < -0.39 is 0 Å². The molecule has 2 N–H and O–H groups in total. The number of benzene rings is 2. The first-order chi connectivity index (χ1) is 16.5. The lowest BCUT2D eigenvalue weighted by Crippen LogP contribution is -2.41. The Labute approximate surface area is 210 Å². The van der Waals surface area contributed by atoms with Gasteiger partial charge in [0.1, 0.15) is 6.04 Å². The number of hydrogen-bond donors (Lipinski definition) is 1. The highest BCUT2D eigenvalue weighted by molar-refractivity contribution is 6.30. The Morgan fingerprint density at radius 3 is 1.56 bits per heavy atom. The first kappa shape index (κ1) is 26.8. The van der Waals surface area contributed by atoms with Gasteiger partial charge in [0.25, 0.3) is 0 Å². The Hall–Kier alpha value is -1.78. The normalized spacial score (nSPS) is 19.0. The van der Waals surface area contributed by atoms with Crippen molar-refractivity contribution in [2.24, 2.45) is 5.73 Å². The van der Waals surface area contributed by atoms with Crippen LogP contribution in [0.3, 0.4) is 0 Å². The Morgan fingerprint density at radius 1 is 0.794 bits per heavy atom. The van der Waals surface area contributed by atoms with Crippen molar-refractivity contribution in [1.29, 1.82) is 0 Å². The fraction of sp³-hybridized carbons (Fsp3) is 0.500. The van der Waals surface area contributed by atoms with E-state index in [-0.39, 0.29) is 23.6 Å². The zero-order chi connectivity index (χ0) is 24.3. The van der Waals surface area contributed by atoms with Gasteiger partial charge >= 0.3 is 0 Å². The molecule has 2 saturated heterocycles. The standard InChI is InChI=1S/C12H15ClN2O3.C12H17ClN2O/c13-11-3-1-10(2-4-11)12(9-15(16)17)14-5-7-18-8-6-14;13-11-3-1-10(2-4-11)12(9-14)15-5-7-16-8-6-15/h1-4,12H,5-9H2;1-4,12H,5-9,14H2. The van der Waals surface area contributed by atoms with Crippen LogP contribution in [0.25, 0.3) is 0 Å². The van der Waals surface area contributed by atoms with Gasteiger partial charge < -0.3 is 15.2 Å². The van der Waals surface area contributed by atoms with E-state index in [1.165, 1.54) is 5.56 Å². The second-order valence-corrected chi connectivity index (χ2v) is 9.06. The minimum atomic E-state index is -0.269. The van der Waals surface area contributed by atoms with E-state index in [0.717, 1.165) is 50.0 Å². The molecule has 8 nitrogen and oxygen atoms in total. The highest BCUT2D eigenvalue weighted by Crippen LogP contribution is 2.24. The molecular weight excluding hydrogens is 479 g/mol. The van der Waals surface area contributed by atoms with Gasteiger partial charge in [-0.1, -0.05) is 47.5 Å². The Balaban J connectivity index is 0.000000192. The van der Waals surface area contributed by atoms with Crippen LogP contribution in [-0.4, -0.2) is 80.4 Å². The minimum Gasteiger partial charge on any atom is -0.379 e. The summed E-state index contributed by atoms with van der Waals surface area (Å²) in [6.07, 6.45) is 0. The Kier molecular flexibility index (Phi) is 11.0. The van der Waals surface area contributed by atoms with Gasteiger partial charge in [-0.15, -0.1) is 0 Å². The largest absolute Gasteiger partial charge is 0.379 e. The maximum atomic E-state index is 10.8. The number of hydrogen-bond acceptors (Lipinski definition) is 7. The molecule has 2 heterocycles. The van der Waals surface area contributed by atoms with Crippen LogP contribution in [0.5, 0.6) is 0 Å². The number of nitrogens with two attached hydrogens (primary N) is 1. The summed E-state index contributed by atoms with van der Waals surface area (Å²) in [5.41, 5.74) is 8.02. The van der Waals surface area contributed by atoms with Crippen molar-refractivity contribution in [2.75, 3.05) is 65.7 Å². The predicted octanol–water partition coefficient (Wildman–Crippen LogP) is 3.66. The van der Waals surface area contributed by atoms with Crippen LogP contribution in [-0.2, 0) is 9.47 Å². The van der Waals surface area contributed by atoms with Crippen molar-refractivity contribution in [1.82, 2.24) is 9.80 Å². The lowest BCUT2D eigenvalue weighted by molar-refractivity contribution is -0.488. The van der Waals surface area contributed by atoms with Crippen molar-refractivity contribution < 1.29 is 14.4 Å². The summed E-state index contributed by atoms with van der Waals surface area (Å²) >= 11 is 11.7. The van der Waals surface area contributed by atoms with Gasteiger partial charge in [-0.25, -0.2) is 0 Å². The van der Waals surface area contributed by atoms with E-state index in [2.05, 4.69) is 21.9 Å². The molecule has 34 heavy (non-hydrogen) atoms. The van der Waals surface area contributed by atoms with E-state index in [4.69, 9.17) is 38.4 Å². The molecule has 0 aliphatic carbocycles. The molecular formula is C24H32Cl2N4O4. The molecule has 10 heteroatoms. The molecule has 2 atom stereocenters. The van der Waals surface area contributed by atoms with Gasteiger partial charge in [-0.2, -0.15) is 0 Å². The van der Waals surface area contributed by atoms with Crippen molar-refractivity contribution in [2.45, 2.75) is 12.1 Å². The predicted molar refractivity (Wildman–Crippen MR) is 134 cm³/mol. The number of nitro groups is 1. The van der Waals surface area contributed by atoms with Crippen LogP contribution in [0.15, 0.2) is 48.5 Å². The van der Waals surface area contributed by atoms with E-state index in [0.29, 0.717) is 24.8 Å². The second-order valence-electron chi connectivity index (χ2n) is 8.18. The second kappa shape index (κ2) is 13.9. The first-order valence-corrected chi connectivity index (χ1v) is 12.2. The summed E-state index contributed by atoms with van der Waals surface area (Å²) in [6.45, 7) is 6.72.